The Hall–Kier alpha value is -3.35. The Morgan fingerprint density at radius 1 is 1.09 bits per heavy atom. The molecule has 2 aliphatic rings. The van der Waals surface area contributed by atoms with Gasteiger partial charge in [0.05, 0.1) is 12.3 Å². The van der Waals surface area contributed by atoms with Crippen LogP contribution in [-0.4, -0.2) is 35.8 Å². The second-order valence-electron chi connectivity index (χ2n) is 8.83. The maximum Gasteiger partial charge on any atom is 0.278 e. The van der Waals surface area contributed by atoms with Crippen LogP contribution in [0.4, 0.5) is 18.9 Å². The van der Waals surface area contributed by atoms with Crippen LogP contribution in [0.25, 0.3) is 0 Å². The van der Waals surface area contributed by atoms with E-state index in [4.69, 9.17) is 0 Å². The summed E-state index contributed by atoms with van der Waals surface area (Å²) in [6.45, 7) is 12.7. The molecule has 1 saturated heterocycles. The van der Waals surface area contributed by atoms with Gasteiger partial charge in [-0.1, -0.05) is 50.9 Å². The van der Waals surface area contributed by atoms with E-state index in [1.807, 2.05) is 37.3 Å². The molecule has 0 spiro atoms. The molecule has 0 unspecified atom stereocenters. The lowest BCUT2D eigenvalue weighted by Gasteiger charge is -2.38. The smallest absolute Gasteiger partial charge is 0.278 e. The monoisotopic (exact) mass is 482 g/mol. The molecule has 0 bridgehead atoms. The van der Waals surface area contributed by atoms with E-state index in [2.05, 4.69) is 33.2 Å². The number of nitrogens with zero attached hydrogens (tertiary/aromatic N) is 4. The molecule has 0 saturated carbocycles. The van der Waals surface area contributed by atoms with Crippen LogP contribution in [0.1, 0.15) is 44.7 Å². The molecule has 1 fully saturated rings. The van der Waals surface area contributed by atoms with Crippen LogP contribution in [0.5, 0.6) is 0 Å². The molecular formula is C28H33F3N4. The molecule has 4 rings (SSSR count). The number of anilines is 1. The fourth-order valence-electron chi connectivity index (χ4n) is 4.45. The first-order valence-electron chi connectivity index (χ1n) is 11.5. The minimum absolute atomic E-state index is 0. The number of piperidine rings is 1. The Morgan fingerprint density at radius 2 is 1.77 bits per heavy atom. The number of para-hydroxylation sites is 1. The SMILES string of the molecule is C.C=C(C)N1CCC(C(=C)N(Cc2ccc(C3=NN=C(C(F)F)C3)cc2F)c2ccccc2)CC1. The van der Waals surface area contributed by atoms with Crippen molar-refractivity contribution in [2.75, 3.05) is 18.0 Å². The average molecular weight is 483 g/mol. The van der Waals surface area contributed by atoms with E-state index in [9.17, 15) is 8.78 Å². The first kappa shape index (κ1) is 26.3. The van der Waals surface area contributed by atoms with E-state index >= 15 is 4.39 Å². The van der Waals surface area contributed by atoms with Crippen LogP contribution in [-0.2, 0) is 6.54 Å². The maximum atomic E-state index is 15.2. The first-order valence-corrected chi connectivity index (χ1v) is 11.5. The zero-order chi connectivity index (χ0) is 24.2. The van der Waals surface area contributed by atoms with E-state index in [0.29, 0.717) is 23.4 Å². The van der Waals surface area contributed by atoms with Gasteiger partial charge in [-0.2, -0.15) is 10.2 Å². The van der Waals surface area contributed by atoms with Crippen molar-refractivity contribution in [1.29, 1.82) is 0 Å². The van der Waals surface area contributed by atoms with Crippen molar-refractivity contribution in [3.05, 3.63) is 90.0 Å². The molecule has 35 heavy (non-hydrogen) atoms. The van der Waals surface area contributed by atoms with Crippen molar-refractivity contribution in [2.24, 2.45) is 16.1 Å². The largest absolute Gasteiger partial charge is 0.375 e. The predicted molar refractivity (Wildman–Crippen MR) is 139 cm³/mol. The van der Waals surface area contributed by atoms with Crippen molar-refractivity contribution in [1.82, 2.24) is 4.90 Å². The molecule has 2 heterocycles. The predicted octanol–water partition coefficient (Wildman–Crippen LogP) is 7.04. The summed E-state index contributed by atoms with van der Waals surface area (Å²) < 4.78 is 40.9. The number of likely N-dealkylation sites (tertiary alicyclic amines) is 1. The zero-order valence-electron chi connectivity index (χ0n) is 19.4. The van der Waals surface area contributed by atoms with Gasteiger partial charge in [-0.15, -0.1) is 0 Å². The van der Waals surface area contributed by atoms with Gasteiger partial charge in [0.1, 0.15) is 11.5 Å². The zero-order valence-corrected chi connectivity index (χ0v) is 19.4. The molecular weight excluding hydrogens is 449 g/mol. The van der Waals surface area contributed by atoms with Gasteiger partial charge in [0.25, 0.3) is 6.43 Å². The van der Waals surface area contributed by atoms with Gasteiger partial charge in [0.15, 0.2) is 0 Å². The van der Waals surface area contributed by atoms with Crippen LogP contribution in [0.3, 0.4) is 0 Å². The van der Waals surface area contributed by atoms with E-state index < -0.39 is 12.2 Å². The summed E-state index contributed by atoms with van der Waals surface area (Å²) in [5.41, 5.74) is 4.03. The van der Waals surface area contributed by atoms with E-state index in [0.717, 1.165) is 43.0 Å². The molecule has 4 nitrogen and oxygen atoms in total. The highest BCUT2D eigenvalue weighted by Crippen LogP contribution is 2.32. The Morgan fingerprint density at radius 3 is 2.34 bits per heavy atom. The van der Waals surface area contributed by atoms with Crippen LogP contribution in [0.2, 0.25) is 0 Å². The number of benzene rings is 2. The van der Waals surface area contributed by atoms with Crippen LogP contribution < -0.4 is 4.90 Å². The Labute approximate surface area is 206 Å². The molecule has 0 N–H and O–H groups in total. The summed E-state index contributed by atoms with van der Waals surface area (Å²) in [6.07, 6.45) is -0.796. The van der Waals surface area contributed by atoms with Gasteiger partial charge in [-0.3, -0.25) is 0 Å². The van der Waals surface area contributed by atoms with Gasteiger partial charge in [-0.05, 0) is 38.0 Å². The molecule has 0 radical (unpaired) electrons. The highest BCUT2D eigenvalue weighted by Gasteiger charge is 2.26. The van der Waals surface area contributed by atoms with E-state index in [1.54, 1.807) is 12.1 Å². The average Bonchev–Trinajstić information content (AvgIpc) is 3.34. The van der Waals surface area contributed by atoms with Crippen LogP contribution in [0, 0.1) is 11.7 Å². The van der Waals surface area contributed by atoms with Gasteiger partial charge in [-0.25, -0.2) is 13.2 Å². The molecule has 186 valence electrons. The lowest BCUT2D eigenvalue weighted by Crippen LogP contribution is -2.36. The van der Waals surface area contributed by atoms with Crippen molar-refractivity contribution in [3.8, 4) is 0 Å². The number of allylic oxidation sites excluding steroid dienone is 2. The Kier molecular flexibility index (Phi) is 8.54. The molecule has 0 amide bonds. The van der Waals surface area contributed by atoms with Crippen molar-refractivity contribution in [2.45, 2.75) is 46.6 Å². The number of hydrogen-bond acceptors (Lipinski definition) is 4. The van der Waals surface area contributed by atoms with Crippen LogP contribution in [0.15, 0.2) is 83.3 Å². The topological polar surface area (TPSA) is 31.2 Å². The number of rotatable bonds is 8. The third-order valence-electron chi connectivity index (χ3n) is 6.53. The van der Waals surface area contributed by atoms with Crippen LogP contribution >= 0.6 is 0 Å². The summed E-state index contributed by atoms with van der Waals surface area (Å²) in [7, 11) is 0. The fraction of sp³-hybridized carbons (Fsp3) is 0.357. The Balaban J connectivity index is 0.00000342. The standard InChI is InChI=1S/C27H29F3N4.CH4/c1-18(2)33-13-11-20(12-14-33)19(3)34(23-7-5-4-6-8-23)17-22-10-9-21(15-24(22)28)25-16-26(27(29)30)32-31-25;/h4-10,15,20,27H,1,3,11-14,16-17H2,2H3;1H4. The number of alkyl halides is 2. The second-order valence-corrected chi connectivity index (χ2v) is 8.83. The first-order chi connectivity index (χ1) is 16.3. The molecule has 2 aliphatic heterocycles. The van der Waals surface area contributed by atoms with Crippen molar-refractivity contribution < 1.29 is 13.2 Å². The summed E-state index contributed by atoms with van der Waals surface area (Å²) >= 11 is 0. The van der Waals surface area contributed by atoms with Gasteiger partial charge < -0.3 is 9.80 Å². The quantitative estimate of drug-likeness (QED) is 0.404. The molecule has 2 aromatic carbocycles. The van der Waals surface area contributed by atoms with Gasteiger partial charge >= 0.3 is 0 Å². The fourth-order valence-corrected chi connectivity index (χ4v) is 4.45. The molecule has 0 atom stereocenters. The van der Waals surface area contributed by atoms with Crippen molar-refractivity contribution >= 4 is 17.1 Å². The highest BCUT2D eigenvalue weighted by atomic mass is 19.3. The summed E-state index contributed by atoms with van der Waals surface area (Å²) in [4.78, 5) is 4.36. The summed E-state index contributed by atoms with van der Waals surface area (Å²) in [5, 5.41) is 7.35. The third kappa shape index (κ3) is 6.02. The van der Waals surface area contributed by atoms with Crippen molar-refractivity contribution in [3.63, 3.8) is 0 Å². The minimum Gasteiger partial charge on any atom is -0.375 e. The summed E-state index contributed by atoms with van der Waals surface area (Å²) in [5.74, 6) is -0.118. The number of hydrogen-bond donors (Lipinski definition) is 0. The molecule has 0 aliphatic carbocycles. The lowest BCUT2D eigenvalue weighted by atomic mass is 9.92. The van der Waals surface area contributed by atoms with Gasteiger partial charge in [0, 0.05) is 53.6 Å². The highest BCUT2D eigenvalue weighted by molar-refractivity contribution is 6.15. The number of halogens is 3. The normalized spacial score (nSPS) is 16.0. The van der Waals surface area contributed by atoms with E-state index in [-0.39, 0.29) is 25.5 Å². The summed E-state index contributed by atoms with van der Waals surface area (Å²) in [6, 6.07) is 14.6. The van der Waals surface area contributed by atoms with E-state index in [1.165, 1.54) is 6.07 Å². The molecule has 7 heteroatoms. The maximum absolute atomic E-state index is 15.2. The Bertz CT molecular complexity index is 1120. The lowest BCUT2D eigenvalue weighted by molar-refractivity contribution is 0.224. The molecule has 2 aromatic rings. The molecule has 0 aromatic heterocycles. The minimum atomic E-state index is -2.65. The second kappa shape index (κ2) is 11.4. The third-order valence-corrected chi connectivity index (χ3v) is 6.53. The van der Waals surface area contributed by atoms with Gasteiger partial charge in [0.2, 0.25) is 0 Å².